The molecule has 168 valence electrons. The highest BCUT2D eigenvalue weighted by atomic mass is 35.5. The molecule has 0 aliphatic heterocycles. The van der Waals surface area contributed by atoms with E-state index in [0.29, 0.717) is 23.0 Å². The number of benzene rings is 3. The van der Waals surface area contributed by atoms with E-state index in [0.717, 1.165) is 27.7 Å². The first-order valence-corrected chi connectivity index (χ1v) is 11.2. The minimum Gasteiger partial charge on any atom is -0.487 e. The van der Waals surface area contributed by atoms with Crippen molar-refractivity contribution in [2.24, 2.45) is 0 Å². The first kappa shape index (κ1) is 23.0. The molecule has 0 atom stereocenters. The summed E-state index contributed by atoms with van der Waals surface area (Å²) in [6.07, 6.45) is 2.02. The van der Waals surface area contributed by atoms with Crippen LogP contribution in [-0.4, -0.2) is 17.4 Å². The summed E-state index contributed by atoms with van der Waals surface area (Å²) >= 11 is 6.11. The zero-order valence-corrected chi connectivity index (χ0v) is 19.1. The van der Waals surface area contributed by atoms with Crippen LogP contribution in [0.2, 0.25) is 5.02 Å². The number of hydrogen-bond acceptors (Lipinski definition) is 4. The van der Waals surface area contributed by atoms with E-state index in [1.807, 2.05) is 78.9 Å². The Morgan fingerprint density at radius 1 is 1.03 bits per heavy atom. The number of nitrogens with one attached hydrogen (secondary N) is 1. The average Bonchev–Trinajstić information content (AvgIpc) is 2.86. The van der Waals surface area contributed by atoms with Crippen LogP contribution in [0.25, 0.3) is 22.6 Å². The molecule has 0 aliphatic rings. The van der Waals surface area contributed by atoms with E-state index in [1.165, 1.54) is 0 Å². The first-order valence-electron chi connectivity index (χ1n) is 10.8. The molecule has 0 unspecified atom stereocenters. The average molecular weight is 468 g/mol. The Kier molecular flexibility index (Phi) is 7.54. The summed E-state index contributed by atoms with van der Waals surface area (Å²) in [5.41, 5.74) is 3.77. The van der Waals surface area contributed by atoms with Crippen molar-refractivity contribution >= 4 is 40.1 Å². The second kappa shape index (κ2) is 11.1. The number of hydrogen-bond donors (Lipinski definition) is 1. The number of amides is 1. The van der Waals surface area contributed by atoms with Crippen LogP contribution in [-0.2, 0) is 11.4 Å². The Labute approximate surface area is 203 Å². The smallest absolute Gasteiger partial charge is 0.251 e. The Morgan fingerprint density at radius 2 is 1.85 bits per heavy atom. The molecule has 34 heavy (non-hydrogen) atoms. The molecular formula is C28H22ClN3O2. The number of nitrogens with zero attached hydrogens (tertiary/aromatic N) is 2. The molecule has 0 aliphatic carbocycles. The molecule has 0 bridgehead atoms. The summed E-state index contributed by atoms with van der Waals surface area (Å²) in [4.78, 5) is 17.5. The van der Waals surface area contributed by atoms with Crippen molar-refractivity contribution in [3.8, 4) is 11.8 Å². The van der Waals surface area contributed by atoms with Crippen LogP contribution in [0.4, 0.5) is 0 Å². The lowest BCUT2D eigenvalue weighted by Gasteiger charge is -2.11. The highest BCUT2D eigenvalue weighted by molar-refractivity contribution is 6.31. The lowest BCUT2D eigenvalue weighted by molar-refractivity contribution is -0.115. The summed E-state index contributed by atoms with van der Waals surface area (Å²) in [5, 5.41) is 13.2. The molecule has 4 rings (SSSR count). The third-order valence-electron chi connectivity index (χ3n) is 5.13. The third-order valence-corrected chi connectivity index (χ3v) is 5.37. The largest absolute Gasteiger partial charge is 0.487 e. The van der Waals surface area contributed by atoms with Gasteiger partial charge in [0.15, 0.2) is 0 Å². The Bertz CT molecular complexity index is 1370. The van der Waals surface area contributed by atoms with Gasteiger partial charge in [0.05, 0.1) is 23.7 Å². The minimum atomic E-state index is -0.260. The number of carbonyl (C=O) groups is 1. The fourth-order valence-electron chi connectivity index (χ4n) is 3.45. The number of rotatable bonds is 8. The quantitative estimate of drug-likeness (QED) is 0.195. The Hall–Kier alpha value is -4.14. The van der Waals surface area contributed by atoms with Crippen molar-refractivity contribution in [1.82, 2.24) is 10.3 Å². The van der Waals surface area contributed by atoms with Gasteiger partial charge in [0.1, 0.15) is 12.4 Å². The van der Waals surface area contributed by atoms with Crippen LogP contribution >= 0.6 is 11.6 Å². The van der Waals surface area contributed by atoms with Gasteiger partial charge in [-0.2, -0.15) is 5.26 Å². The number of fused-ring (bicyclic) bond motifs is 1. The molecule has 0 saturated heterocycles. The SMILES string of the molecule is N#CCCNC(=O)/C(=C/c1cccc(Cl)c1)c1ccc(OCc2ccc3ccccc3n2)cc1. The van der Waals surface area contributed by atoms with Crippen molar-refractivity contribution in [2.75, 3.05) is 6.54 Å². The third kappa shape index (κ3) is 6.00. The maximum atomic E-state index is 12.8. The number of nitriles is 1. The molecule has 0 spiro atoms. The maximum Gasteiger partial charge on any atom is 0.251 e. The standard InChI is InChI=1S/C28H22ClN3O2/c29-23-7-3-5-20(17-23)18-26(28(33)31-16-4-15-30)21-10-13-25(14-11-21)34-19-24-12-9-22-6-1-2-8-27(22)32-24/h1-3,5-14,17-18H,4,16,19H2,(H,31,33)/b26-18+. The van der Waals surface area contributed by atoms with E-state index in [1.54, 1.807) is 18.2 Å². The molecule has 0 radical (unpaired) electrons. The van der Waals surface area contributed by atoms with Gasteiger partial charge in [0, 0.05) is 22.5 Å². The van der Waals surface area contributed by atoms with Crippen LogP contribution in [0.15, 0.2) is 84.9 Å². The summed E-state index contributed by atoms with van der Waals surface area (Å²) in [7, 11) is 0. The van der Waals surface area contributed by atoms with Crippen molar-refractivity contribution in [3.63, 3.8) is 0 Å². The van der Waals surface area contributed by atoms with Crippen molar-refractivity contribution in [1.29, 1.82) is 5.26 Å². The topological polar surface area (TPSA) is 75.0 Å². The Balaban J connectivity index is 1.51. The molecule has 5 nitrogen and oxygen atoms in total. The monoisotopic (exact) mass is 467 g/mol. The van der Waals surface area contributed by atoms with Crippen LogP contribution in [0, 0.1) is 11.3 Å². The molecule has 1 aromatic heterocycles. The molecule has 1 heterocycles. The van der Waals surface area contributed by atoms with E-state index in [9.17, 15) is 4.79 Å². The summed E-state index contributed by atoms with van der Waals surface area (Å²) in [6.45, 7) is 0.617. The van der Waals surface area contributed by atoms with Gasteiger partial charge >= 0.3 is 0 Å². The van der Waals surface area contributed by atoms with Gasteiger partial charge in [-0.1, -0.05) is 60.1 Å². The van der Waals surface area contributed by atoms with E-state index < -0.39 is 0 Å². The van der Waals surface area contributed by atoms with Gasteiger partial charge in [-0.3, -0.25) is 4.79 Å². The van der Waals surface area contributed by atoms with Gasteiger partial charge in [0.25, 0.3) is 5.91 Å². The van der Waals surface area contributed by atoms with Gasteiger partial charge < -0.3 is 10.1 Å². The predicted octanol–water partition coefficient (Wildman–Crippen LogP) is 6.04. The van der Waals surface area contributed by atoms with Gasteiger partial charge in [-0.05, 0) is 53.6 Å². The second-order valence-corrected chi connectivity index (χ2v) is 8.02. The molecule has 4 aromatic rings. The van der Waals surface area contributed by atoms with E-state index in [-0.39, 0.29) is 18.9 Å². The van der Waals surface area contributed by atoms with E-state index >= 15 is 0 Å². The van der Waals surface area contributed by atoms with Crippen molar-refractivity contribution in [3.05, 3.63) is 107 Å². The molecule has 1 amide bonds. The highest BCUT2D eigenvalue weighted by Gasteiger charge is 2.12. The van der Waals surface area contributed by atoms with Crippen molar-refractivity contribution < 1.29 is 9.53 Å². The fraction of sp³-hybridized carbons (Fsp3) is 0.107. The normalized spacial score (nSPS) is 11.1. The summed E-state index contributed by atoms with van der Waals surface area (Å²) in [5.74, 6) is 0.412. The van der Waals surface area contributed by atoms with E-state index in [4.69, 9.17) is 21.6 Å². The zero-order chi connectivity index (χ0) is 23.8. The second-order valence-electron chi connectivity index (χ2n) is 7.59. The molecule has 0 fully saturated rings. The molecule has 6 heteroatoms. The van der Waals surface area contributed by atoms with Gasteiger partial charge in [-0.25, -0.2) is 4.98 Å². The maximum absolute atomic E-state index is 12.8. The predicted molar refractivity (Wildman–Crippen MR) is 135 cm³/mol. The number of halogens is 1. The fourth-order valence-corrected chi connectivity index (χ4v) is 3.65. The highest BCUT2D eigenvalue weighted by Crippen LogP contribution is 2.24. The molecular weight excluding hydrogens is 446 g/mol. The van der Waals surface area contributed by atoms with Crippen LogP contribution < -0.4 is 10.1 Å². The summed E-state index contributed by atoms with van der Waals surface area (Å²) < 4.78 is 5.91. The van der Waals surface area contributed by atoms with Crippen LogP contribution in [0.1, 0.15) is 23.2 Å². The minimum absolute atomic E-state index is 0.242. The van der Waals surface area contributed by atoms with Gasteiger partial charge in [-0.15, -0.1) is 0 Å². The number of para-hydroxylation sites is 1. The number of aromatic nitrogens is 1. The number of pyridine rings is 1. The van der Waals surface area contributed by atoms with Crippen molar-refractivity contribution in [2.45, 2.75) is 13.0 Å². The first-order chi connectivity index (χ1) is 16.6. The molecule has 3 aromatic carbocycles. The van der Waals surface area contributed by atoms with Crippen LogP contribution in [0.5, 0.6) is 5.75 Å². The lowest BCUT2D eigenvalue weighted by atomic mass is 10.0. The molecule has 0 saturated carbocycles. The Morgan fingerprint density at radius 3 is 2.65 bits per heavy atom. The van der Waals surface area contributed by atoms with Gasteiger partial charge in [0.2, 0.25) is 0 Å². The van der Waals surface area contributed by atoms with E-state index in [2.05, 4.69) is 10.3 Å². The molecule has 1 N–H and O–H groups in total. The number of ether oxygens (including phenoxy) is 1. The van der Waals surface area contributed by atoms with Crippen LogP contribution in [0.3, 0.4) is 0 Å². The lowest BCUT2D eigenvalue weighted by Crippen LogP contribution is -2.25. The number of carbonyl (C=O) groups excluding carboxylic acids is 1. The summed E-state index contributed by atoms with van der Waals surface area (Å²) in [6, 6.07) is 28.6. The zero-order valence-electron chi connectivity index (χ0n) is 18.4.